The zero-order valence-electron chi connectivity index (χ0n) is 10.8. The lowest BCUT2D eigenvalue weighted by Gasteiger charge is -2.11. The molecule has 0 atom stereocenters. The van der Waals surface area contributed by atoms with E-state index in [-0.39, 0.29) is 5.75 Å². The average Bonchev–Trinajstić information content (AvgIpc) is 2.88. The summed E-state index contributed by atoms with van der Waals surface area (Å²) in [6.07, 6.45) is -4.37. The van der Waals surface area contributed by atoms with E-state index in [4.69, 9.17) is 4.74 Å². The number of hydrogen-bond acceptors (Lipinski definition) is 2. The number of imidazole rings is 1. The highest BCUT2D eigenvalue weighted by atomic mass is 19.4. The molecular weight excluding hydrogens is 281 g/mol. The molecule has 6 heteroatoms. The number of nitrogens with zero attached hydrogens (tertiary/aromatic N) is 1. The Morgan fingerprint density at radius 3 is 2.48 bits per heavy atom. The fraction of sp³-hybridized carbons (Fsp3) is 0.133. The number of halogens is 3. The van der Waals surface area contributed by atoms with Gasteiger partial charge in [-0.25, -0.2) is 4.98 Å². The quantitative estimate of drug-likeness (QED) is 0.786. The summed E-state index contributed by atoms with van der Waals surface area (Å²) >= 11 is 0. The Kier molecular flexibility index (Phi) is 3.29. The summed E-state index contributed by atoms with van der Waals surface area (Å²) in [5.41, 5.74) is 2.06. The van der Waals surface area contributed by atoms with Gasteiger partial charge in [0.2, 0.25) is 0 Å². The van der Waals surface area contributed by atoms with Crippen LogP contribution in [-0.4, -0.2) is 22.8 Å². The normalized spacial score (nSPS) is 11.8. The summed E-state index contributed by atoms with van der Waals surface area (Å²) in [4.78, 5) is 7.45. The second kappa shape index (κ2) is 5.12. The Balaban J connectivity index is 1.98. The molecule has 0 amide bonds. The van der Waals surface area contributed by atoms with Gasteiger partial charge in [0.05, 0.1) is 16.6 Å². The monoisotopic (exact) mass is 292 g/mol. The van der Waals surface area contributed by atoms with E-state index in [1.165, 1.54) is 6.07 Å². The van der Waals surface area contributed by atoms with Gasteiger partial charge in [-0.3, -0.25) is 0 Å². The second-order valence-electron chi connectivity index (χ2n) is 4.50. The van der Waals surface area contributed by atoms with Crippen LogP contribution in [0.4, 0.5) is 13.2 Å². The highest BCUT2D eigenvalue weighted by Gasteiger charge is 2.29. The number of alkyl halides is 3. The summed E-state index contributed by atoms with van der Waals surface area (Å²) in [6.45, 7) is -1.33. The van der Waals surface area contributed by atoms with Gasteiger partial charge in [-0.1, -0.05) is 24.3 Å². The van der Waals surface area contributed by atoms with Gasteiger partial charge in [0.1, 0.15) is 11.6 Å². The molecule has 0 aliphatic heterocycles. The topological polar surface area (TPSA) is 37.9 Å². The number of ether oxygens (including phenoxy) is 1. The molecule has 0 spiro atoms. The van der Waals surface area contributed by atoms with E-state index in [0.29, 0.717) is 11.4 Å². The molecule has 0 unspecified atom stereocenters. The molecule has 0 aliphatic carbocycles. The van der Waals surface area contributed by atoms with E-state index >= 15 is 0 Å². The summed E-state index contributed by atoms with van der Waals surface area (Å²) < 4.78 is 41.8. The van der Waals surface area contributed by atoms with Crippen molar-refractivity contribution in [2.24, 2.45) is 0 Å². The van der Waals surface area contributed by atoms with Crippen molar-refractivity contribution in [3.63, 3.8) is 0 Å². The molecule has 0 aliphatic rings. The number of aromatic nitrogens is 2. The Morgan fingerprint density at radius 2 is 1.71 bits per heavy atom. The number of H-pyrrole nitrogens is 1. The lowest BCUT2D eigenvalue weighted by Crippen LogP contribution is -2.19. The van der Waals surface area contributed by atoms with Gasteiger partial charge in [0.25, 0.3) is 0 Å². The summed E-state index contributed by atoms with van der Waals surface area (Å²) in [6, 6.07) is 13.9. The van der Waals surface area contributed by atoms with Crippen molar-refractivity contribution >= 4 is 11.0 Å². The van der Waals surface area contributed by atoms with Crippen LogP contribution in [0, 0.1) is 0 Å². The maximum atomic E-state index is 12.3. The fourth-order valence-electron chi connectivity index (χ4n) is 2.03. The summed E-state index contributed by atoms with van der Waals surface area (Å²) in [7, 11) is 0. The molecule has 0 radical (unpaired) electrons. The van der Waals surface area contributed by atoms with Gasteiger partial charge < -0.3 is 9.72 Å². The molecule has 1 N–H and O–H groups in total. The minimum absolute atomic E-state index is 0.147. The van der Waals surface area contributed by atoms with Crippen molar-refractivity contribution in [3.05, 3.63) is 48.5 Å². The number of fused-ring (bicyclic) bond motifs is 1. The van der Waals surface area contributed by atoms with E-state index in [1.54, 1.807) is 18.2 Å². The number of para-hydroxylation sites is 3. The number of aromatic amines is 1. The number of benzene rings is 2. The molecule has 0 bridgehead atoms. The average molecular weight is 292 g/mol. The molecule has 3 nitrogen and oxygen atoms in total. The minimum Gasteiger partial charge on any atom is -0.483 e. The number of rotatable bonds is 3. The lowest BCUT2D eigenvalue weighted by molar-refractivity contribution is -0.153. The van der Waals surface area contributed by atoms with Crippen molar-refractivity contribution in [3.8, 4) is 17.1 Å². The first-order valence-corrected chi connectivity index (χ1v) is 6.27. The van der Waals surface area contributed by atoms with Crippen LogP contribution in [0.3, 0.4) is 0 Å². The second-order valence-corrected chi connectivity index (χ2v) is 4.50. The SMILES string of the molecule is FC(F)(F)COc1ccccc1-c1nc2ccccc2[nH]1. The zero-order valence-corrected chi connectivity index (χ0v) is 10.8. The first kappa shape index (κ1) is 13.5. The Bertz CT molecular complexity index is 732. The standard InChI is InChI=1S/C15H11F3N2O/c16-15(17,18)9-21-13-8-4-1-5-10(13)14-19-11-6-2-3-7-12(11)20-14/h1-8H,9H2,(H,19,20). The van der Waals surface area contributed by atoms with Crippen molar-refractivity contribution in [1.82, 2.24) is 9.97 Å². The fourth-order valence-corrected chi connectivity index (χ4v) is 2.03. The predicted molar refractivity (Wildman–Crippen MR) is 73.1 cm³/mol. The van der Waals surface area contributed by atoms with E-state index in [9.17, 15) is 13.2 Å². The molecule has 1 aromatic heterocycles. The van der Waals surface area contributed by atoms with Crippen molar-refractivity contribution in [1.29, 1.82) is 0 Å². The highest BCUT2D eigenvalue weighted by molar-refractivity contribution is 5.80. The number of hydrogen-bond donors (Lipinski definition) is 1. The molecular formula is C15H11F3N2O. The summed E-state index contributed by atoms with van der Waals surface area (Å²) in [5, 5.41) is 0. The maximum absolute atomic E-state index is 12.3. The molecule has 0 fully saturated rings. The molecule has 3 aromatic rings. The number of nitrogens with one attached hydrogen (secondary N) is 1. The van der Waals surface area contributed by atoms with Crippen LogP contribution in [0.5, 0.6) is 5.75 Å². The van der Waals surface area contributed by atoms with Crippen LogP contribution in [0.1, 0.15) is 0 Å². The van der Waals surface area contributed by atoms with Crippen LogP contribution in [0.2, 0.25) is 0 Å². The van der Waals surface area contributed by atoms with E-state index in [0.717, 1.165) is 11.0 Å². The Hall–Kier alpha value is -2.50. The first-order valence-electron chi connectivity index (χ1n) is 6.27. The van der Waals surface area contributed by atoms with Gasteiger partial charge in [-0.05, 0) is 24.3 Å². The molecule has 2 aromatic carbocycles. The highest BCUT2D eigenvalue weighted by Crippen LogP contribution is 2.30. The van der Waals surface area contributed by atoms with Gasteiger partial charge in [-0.2, -0.15) is 13.2 Å². The van der Waals surface area contributed by atoms with E-state index in [2.05, 4.69) is 9.97 Å². The Morgan fingerprint density at radius 1 is 1.00 bits per heavy atom. The van der Waals surface area contributed by atoms with Gasteiger partial charge in [-0.15, -0.1) is 0 Å². The lowest BCUT2D eigenvalue weighted by atomic mass is 10.2. The molecule has 21 heavy (non-hydrogen) atoms. The Labute approximate surface area is 118 Å². The van der Waals surface area contributed by atoms with E-state index < -0.39 is 12.8 Å². The minimum atomic E-state index is -4.37. The van der Waals surface area contributed by atoms with Crippen molar-refractivity contribution < 1.29 is 17.9 Å². The third kappa shape index (κ3) is 2.99. The third-order valence-corrected chi connectivity index (χ3v) is 2.92. The molecule has 1 heterocycles. The van der Waals surface area contributed by atoms with Crippen LogP contribution in [-0.2, 0) is 0 Å². The van der Waals surface area contributed by atoms with E-state index in [1.807, 2.05) is 24.3 Å². The molecule has 3 rings (SSSR count). The molecule has 0 saturated carbocycles. The van der Waals surface area contributed by atoms with Gasteiger partial charge >= 0.3 is 6.18 Å². The van der Waals surface area contributed by atoms with Crippen LogP contribution >= 0.6 is 0 Å². The maximum Gasteiger partial charge on any atom is 0.422 e. The first-order chi connectivity index (χ1) is 10.0. The van der Waals surface area contributed by atoms with Crippen LogP contribution < -0.4 is 4.74 Å². The molecule has 108 valence electrons. The molecule has 0 saturated heterocycles. The smallest absolute Gasteiger partial charge is 0.422 e. The third-order valence-electron chi connectivity index (χ3n) is 2.92. The van der Waals surface area contributed by atoms with Gasteiger partial charge in [0, 0.05) is 0 Å². The van der Waals surface area contributed by atoms with Crippen LogP contribution in [0.15, 0.2) is 48.5 Å². The van der Waals surface area contributed by atoms with Crippen molar-refractivity contribution in [2.75, 3.05) is 6.61 Å². The zero-order chi connectivity index (χ0) is 14.9. The summed E-state index contributed by atoms with van der Waals surface area (Å²) in [5.74, 6) is 0.628. The largest absolute Gasteiger partial charge is 0.483 e. The predicted octanol–water partition coefficient (Wildman–Crippen LogP) is 4.17. The van der Waals surface area contributed by atoms with Crippen LogP contribution in [0.25, 0.3) is 22.4 Å². The van der Waals surface area contributed by atoms with Gasteiger partial charge in [0.15, 0.2) is 6.61 Å². The van der Waals surface area contributed by atoms with Crippen molar-refractivity contribution in [2.45, 2.75) is 6.18 Å².